The molecule has 0 unspecified atom stereocenters. The van der Waals surface area contributed by atoms with E-state index in [4.69, 9.17) is 4.84 Å². The second kappa shape index (κ2) is 6.43. The van der Waals surface area contributed by atoms with Gasteiger partial charge in [0.25, 0.3) is 17.7 Å². The highest BCUT2D eigenvalue weighted by Crippen LogP contribution is 2.36. The largest absolute Gasteiger partial charge is 0.353 e. The monoisotopic (exact) mass is 385 g/mol. The first kappa shape index (κ1) is 18.1. The molecule has 9 heteroatoms. The Morgan fingerprint density at radius 1 is 1.11 bits per heavy atom. The number of hydrogen-bond acceptors (Lipinski definition) is 6. The Hall–Kier alpha value is -3.23. The third-order valence-corrected chi connectivity index (χ3v) is 5.61. The van der Waals surface area contributed by atoms with Crippen LogP contribution in [-0.4, -0.2) is 51.8 Å². The van der Waals surface area contributed by atoms with Crippen LogP contribution in [0.5, 0.6) is 0 Å². The zero-order valence-corrected chi connectivity index (χ0v) is 15.3. The molecule has 28 heavy (non-hydrogen) atoms. The molecule has 2 fully saturated rings. The van der Waals surface area contributed by atoms with E-state index in [-0.39, 0.29) is 11.1 Å². The van der Waals surface area contributed by atoms with Crippen molar-refractivity contribution < 1.29 is 28.8 Å². The standard InChI is InChI=1S/C19H19N3O6/c1-11-6-8-19(9-7-11)17(26)21(18(27)20-19)10-14(23)28-22-15(24)12-4-2-3-5-13(12)16(22)25/h2-5,11H,6-10H2,1H3,(H,20,27). The molecule has 1 aliphatic carbocycles. The van der Waals surface area contributed by atoms with E-state index in [0.29, 0.717) is 23.8 Å². The average Bonchev–Trinajstić information content (AvgIpc) is 3.05. The fourth-order valence-electron chi connectivity index (χ4n) is 3.92. The summed E-state index contributed by atoms with van der Waals surface area (Å²) < 4.78 is 0. The first-order valence-corrected chi connectivity index (χ1v) is 9.15. The summed E-state index contributed by atoms with van der Waals surface area (Å²) in [6.07, 6.45) is 2.64. The van der Waals surface area contributed by atoms with Crippen LogP contribution in [0.1, 0.15) is 53.3 Å². The van der Waals surface area contributed by atoms with Gasteiger partial charge in [0.2, 0.25) is 0 Å². The Balaban J connectivity index is 1.43. The van der Waals surface area contributed by atoms with Crippen LogP contribution in [0.2, 0.25) is 0 Å². The van der Waals surface area contributed by atoms with Crippen LogP contribution in [-0.2, 0) is 14.4 Å². The molecule has 1 aromatic rings. The SMILES string of the molecule is CC1CCC2(CC1)NC(=O)N(CC(=O)ON1C(=O)c3ccccc3C1=O)C2=O. The van der Waals surface area contributed by atoms with Gasteiger partial charge >= 0.3 is 12.0 Å². The number of amides is 5. The van der Waals surface area contributed by atoms with Gasteiger partial charge in [-0.25, -0.2) is 9.59 Å². The Morgan fingerprint density at radius 2 is 1.68 bits per heavy atom. The summed E-state index contributed by atoms with van der Waals surface area (Å²) in [6.45, 7) is 1.42. The third kappa shape index (κ3) is 2.74. The van der Waals surface area contributed by atoms with Crippen molar-refractivity contribution in [3.8, 4) is 0 Å². The van der Waals surface area contributed by atoms with Crippen LogP contribution in [0.15, 0.2) is 24.3 Å². The average molecular weight is 385 g/mol. The van der Waals surface area contributed by atoms with Crippen LogP contribution in [0.4, 0.5) is 4.79 Å². The maximum atomic E-state index is 12.8. The zero-order valence-electron chi connectivity index (χ0n) is 15.3. The normalized spacial score (nSPS) is 26.7. The van der Waals surface area contributed by atoms with Crippen molar-refractivity contribution in [1.29, 1.82) is 0 Å². The first-order chi connectivity index (χ1) is 13.3. The van der Waals surface area contributed by atoms with E-state index in [1.165, 1.54) is 12.1 Å². The minimum absolute atomic E-state index is 0.130. The molecular weight excluding hydrogens is 366 g/mol. The van der Waals surface area contributed by atoms with Gasteiger partial charge in [0, 0.05) is 0 Å². The Bertz CT molecular complexity index is 868. The topological polar surface area (TPSA) is 113 Å². The summed E-state index contributed by atoms with van der Waals surface area (Å²) in [5, 5.41) is 3.07. The van der Waals surface area contributed by atoms with Gasteiger partial charge in [0.15, 0.2) is 0 Å². The lowest BCUT2D eigenvalue weighted by Crippen LogP contribution is -2.49. The van der Waals surface area contributed by atoms with Gasteiger partial charge in [-0.3, -0.25) is 19.3 Å². The lowest BCUT2D eigenvalue weighted by Gasteiger charge is -2.33. The molecule has 0 bridgehead atoms. The fourth-order valence-corrected chi connectivity index (χ4v) is 3.92. The highest BCUT2D eigenvalue weighted by molar-refractivity contribution is 6.21. The number of carbonyl (C=O) groups is 5. The van der Waals surface area contributed by atoms with Crippen LogP contribution in [0.25, 0.3) is 0 Å². The fraction of sp³-hybridized carbons (Fsp3) is 0.421. The van der Waals surface area contributed by atoms with Gasteiger partial charge in [-0.1, -0.05) is 24.1 Å². The van der Waals surface area contributed by atoms with Crippen molar-refractivity contribution in [3.05, 3.63) is 35.4 Å². The molecule has 0 aromatic heterocycles. The molecule has 1 saturated carbocycles. The number of fused-ring (bicyclic) bond motifs is 1. The summed E-state index contributed by atoms with van der Waals surface area (Å²) in [6, 6.07) is 5.42. The highest BCUT2D eigenvalue weighted by atomic mass is 16.7. The predicted octanol–water partition coefficient (Wildman–Crippen LogP) is 1.24. The lowest BCUT2D eigenvalue weighted by atomic mass is 9.77. The van der Waals surface area contributed by atoms with Crippen molar-refractivity contribution in [2.75, 3.05) is 6.54 Å². The van der Waals surface area contributed by atoms with Crippen molar-refractivity contribution in [1.82, 2.24) is 15.3 Å². The number of urea groups is 1. The van der Waals surface area contributed by atoms with Gasteiger partial charge in [-0.05, 0) is 43.7 Å². The van der Waals surface area contributed by atoms with Crippen molar-refractivity contribution in [2.24, 2.45) is 5.92 Å². The number of benzene rings is 1. The summed E-state index contributed by atoms with van der Waals surface area (Å²) in [5.41, 5.74) is -0.713. The molecule has 2 heterocycles. The molecule has 9 nitrogen and oxygen atoms in total. The Morgan fingerprint density at radius 3 is 2.25 bits per heavy atom. The van der Waals surface area contributed by atoms with Gasteiger partial charge in [0.1, 0.15) is 12.1 Å². The van der Waals surface area contributed by atoms with Crippen molar-refractivity contribution in [2.45, 2.75) is 38.1 Å². The van der Waals surface area contributed by atoms with Crippen LogP contribution < -0.4 is 5.32 Å². The molecule has 1 saturated heterocycles. The maximum absolute atomic E-state index is 12.8. The molecule has 0 atom stereocenters. The van der Waals surface area contributed by atoms with Crippen LogP contribution >= 0.6 is 0 Å². The second-order valence-corrected chi connectivity index (χ2v) is 7.50. The predicted molar refractivity (Wildman–Crippen MR) is 93.6 cm³/mol. The molecule has 1 N–H and O–H groups in total. The zero-order chi connectivity index (χ0) is 20.1. The van der Waals surface area contributed by atoms with Gasteiger partial charge in [-0.15, -0.1) is 0 Å². The van der Waals surface area contributed by atoms with E-state index in [1.807, 2.05) is 0 Å². The number of nitrogens with one attached hydrogen (secondary N) is 1. The number of nitrogens with zero attached hydrogens (tertiary/aromatic N) is 2. The maximum Gasteiger partial charge on any atom is 0.353 e. The third-order valence-electron chi connectivity index (χ3n) is 5.61. The van der Waals surface area contributed by atoms with E-state index in [1.54, 1.807) is 12.1 Å². The summed E-state index contributed by atoms with van der Waals surface area (Å²) in [5.74, 6) is -2.56. The number of hydroxylamine groups is 2. The van der Waals surface area contributed by atoms with Crippen molar-refractivity contribution >= 4 is 29.7 Å². The molecule has 2 aliphatic heterocycles. The summed E-state index contributed by atoms with van der Waals surface area (Å²) >= 11 is 0. The van der Waals surface area contributed by atoms with Crippen LogP contribution in [0, 0.1) is 5.92 Å². The quantitative estimate of drug-likeness (QED) is 0.619. The molecule has 0 radical (unpaired) electrons. The molecule has 3 aliphatic rings. The van der Waals surface area contributed by atoms with Gasteiger partial charge < -0.3 is 10.2 Å². The Labute approximate surface area is 160 Å². The van der Waals surface area contributed by atoms with Crippen LogP contribution in [0.3, 0.4) is 0 Å². The minimum atomic E-state index is -1.04. The molecular formula is C19H19N3O6. The number of rotatable bonds is 3. The second-order valence-electron chi connectivity index (χ2n) is 7.50. The molecule has 4 rings (SSSR count). The van der Waals surface area contributed by atoms with Gasteiger partial charge in [0.05, 0.1) is 11.1 Å². The van der Waals surface area contributed by atoms with E-state index in [9.17, 15) is 24.0 Å². The van der Waals surface area contributed by atoms with E-state index in [2.05, 4.69) is 12.2 Å². The number of hydrogen-bond donors (Lipinski definition) is 1. The first-order valence-electron chi connectivity index (χ1n) is 9.15. The minimum Gasteiger partial charge on any atom is -0.328 e. The smallest absolute Gasteiger partial charge is 0.328 e. The molecule has 146 valence electrons. The summed E-state index contributed by atoms with van der Waals surface area (Å²) in [7, 11) is 0. The molecule has 1 aromatic carbocycles. The lowest BCUT2D eigenvalue weighted by molar-refractivity contribution is -0.170. The van der Waals surface area contributed by atoms with E-state index in [0.717, 1.165) is 17.7 Å². The number of carbonyl (C=O) groups excluding carboxylic acids is 5. The van der Waals surface area contributed by atoms with E-state index < -0.39 is 41.8 Å². The number of imide groups is 2. The Kier molecular flexibility index (Phi) is 4.17. The highest BCUT2D eigenvalue weighted by Gasteiger charge is 2.52. The molecule has 1 spiro atoms. The van der Waals surface area contributed by atoms with E-state index >= 15 is 0 Å². The van der Waals surface area contributed by atoms with Crippen molar-refractivity contribution in [3.63, 3.8) is 0 Å². The molecule has 5 amide bonds. The van der Waals surface area contributed by atoms with Gasteiger partial charge in [-0.2, -0.15) is 0 Å². The summed E-state index contributed by atoms with van der Waals surface area (Å²) in [4.78, 5) is 67.5.